The molecule has 0 spiro atoms. The molecule has 2 N–H and O–H groups in total. The molecule has 0 bridgehead atoms. The van der Waals surface area contributed by atoms with Gasteiger partial charge in [-0.1, -0.05) is 33.6 Å². The summed E-state index contributed by atoms with van der Waals surface area (Å²) >= 11 is 0. The first-order valence-corrected chi connectivity index (χ1v) is 5.85. The highest BCUT2D eigenvalue weighted by molar-refractivity contribution is 4.64. The van der Waals surface area contributed by atoms with E-state index in [1.54, 1.807) is 0 Å². The van der Waals surface area contributed by atoms with Crippen LogP contribution in [0.3, 0.4) is 0 Å². The van der Waals surface area contributed by atoms with Crippen molar-refractivity contribution in [2.75, 3.05) is 13.2 Å². The zero-order valence-corrected chi connectivity index (χ0v) is 9.87. The van der Waals surface area contributed by atoms with E-state index in [0.29, 0.717) is 5.92 Å². The van der Waals surface area contributed by atoms with Crippen LogP contribution >= 0.6 is 0 Å². The van der Waals surface area contributed by atoms with Gasteiger partial charge in [0, 0.05) is 19.1 Å². The minimum atomic E-state index is 0.0822. The van der Waals surface area contributed by atoms with E-state index in [1.165, 1.54) is 19.3 Å². The van der Waals surface area contributed by atoms with E-state index in [1.807, 2.05) is 0 Å². The first kappa shape index (κ1) is 13.9. The van der Waals surface area contributed by atoms with Crippen LogP contribution in [0.5, 0.6) is 0 Å². The number of hydrogen-bond donors (Lipinski definition) is 2. The van der Waals surface area contributed by atoms with E-state index in [-0.39, 0.29) is 19.1 Å². The van der Waals surface area contributed by atoms with E-state index < -0.39 is 0 Å². The summed E-state index contributed by atoms with van der Waals surface area (Å²) in [5, 5.41) is 17.9. The molecule has 0 unspecified atom stereocenters. The lowest BCUT2D eigenvalue weighted by molar-refractivity contribution is 0.127. The molecule has 0 aliphatic rings. The van der Waals surface area contributed by atoms with Gasteiger partial charge in [-0.15, -0.1) is 0 Å². The summed E-state index contributed by atoms with van der Waals surface area (Å²) in [5.74, 6) is 1.47. The van der Waals surface area contributed by atoms with Crippen LogP contribution in [0.4, 0.5) is 0 Å². The van der Waals surface area contributed by atoms with Gasteiger partial charge in [-0.05, 0) is 24.7 Å². The number of aliphatic hydroxyl groups is 2. The molecule has 0 radical (unpaired) electrons. The Labute approximate surface area is 88.3 Å². The van der Waals surface area contributed by atoms with Crippen molar-refractivity contribution in [2.45, 2.75) is 46.5 Å². The molecule has 2 atom stereocenters. The van der Waals surface area contributed by atoms with E-state index in [0.717, 1.165) is 12.3 Å². The fraction of sp³-hybridized carbons (Fsp3) is 1.00. The van der Waals surface area contributed by atoms with Crippen LogP contribution in [0.25, 0.3) is 0 Å². The largest absolute Gasteiger partial charge is 0.396 e. The Hall–Kier alpha value is -0.0800. The molecule has 86 valence electrons. The third-order valence-electron chi connectivity index (χ3n) is 2.84. The van der Waals surface area contributed by atoms with E-state index in [2.05, 4.69) is 20.8 Å². The molecule has 0 fully saturated rings. The average Bonchev–Trinajstić information content (AvgIpc) is 2.14. The van der Waals surface area contributed by atoms with Gasteiger partial charge in [0.2, 0.25) is 0 Å². The normalized spacial score (nSPS) is 15.9. The lowest BCUT2D eigenvalue weighted by atomic mass is 9.88. The Morgan fingerprint density at radius 3 is 1.93 bits per heavy atom. The van der Waals surface area contributed by atoms with Gasteiger partial charge in [0.1, 0.15) is 0 Å². The van der Waals surface area contributed by atoms with Gasteiger partial charge in [0.25, 0.3) is 0 Å². The third kappa shape index (κ3) is 6.39. The van der Waals surface area contributed by atoms with Crippen LogP contribution < -0.4 is 0 Å². The SMILES string of the molecule is CCC[C@H](C)C[C@@H](C)CC(CO)CO. The van der Waals surface area contributed by atoms with Crippen molar-refractivity contribution in [1.82, 2.24) is 0 Å². The summed E-state index contributed by atoms with van der Waals surface area (Å²) in [4.78, 5) is 0. The zero-order valence-electron chi connectivity index (χ0n) is 9.87. The van der Waals surface area contributed by atoms with Gasteiger partial charge in [-0.2, -0.15) is 0 Å². The second-order valence-electron chi connectivity index (χ2n) is 4.70. The molecule has 0 saturated heterocycles. The summed E-state index contributed by atoms with van der Waals surface area (Å²) in [7, 11) is 0. The summed E-state index contributed by atoms with van der Waals surface area (Å²) in [5.41, 5.74) is 0. The molecule has 0 aromatic rings. The molecule has 0 aromatic carbocycles. The van der Waals surface area contributed by atoms with Gasteiger partial charge >= 0.3 is 0 Å². The average molecular weight is 202 g/mol. The van der Waals surface area contributed by atoms with Gasteiger partial charge in [-0.3, -0.25) is 0 Å². The van der Waals surface area contributed by atoms with Crippen LogP contribution in [-0.2, 0) is 0 Å². The highest BCUT2D eigenvalue weighted by atomic mass is 16.3. The summed E-state index contributed by atoms with van der Waals surface area (Å²) in [6.07, 6.45) is 4.69. The maximum atomic E-state index is 8.95. The zero-order chi connectivity index (χ0) is 11.0. The number of rotatable bonds is 8. The van der Waals surface area contributed by atoms with Crippen molar-refractivity contribution in [1.29, 1.82) is 0 Å². The summed E-state index contributed by atoms with van der Waals surface area (Å²) in [6, 6.07) is 0. The maximum Gasteiger partial charge on any atom is 0.0481 e. The molecule has 0 aliphatic carbocycles. The highest BCUT2D eigenvalue weighted by Crippen LogP contribution is 2.22. The van der Waals surface area contributed by atoms with Crippen molar-refractivity contribution in [3.63, 3.8) is 0 Å². The van der Waals surface area contributed by atoms with Gasteiger partial charge < -0.3 is 10.2 Å². The van der Waals surface area contributed by atoms with Crippen molar-refractivity contribution >= 4 is 0 Å². The summed E-state index contributed by atoms with van der Waals surface area (Å²) in [6.45, 7) is 6.94. The fourth-order valence-corrected chi connectivity index (χ4v) is 2.17. The van der Waals surface area contributed by atoms with Gasteiger partial charge in [-0.25, -0.2) is 0 Å². The molecule has 14 heavy (non-hydrogen) atoms. The van der Waals surface area contributed by atoms with E-state index in [4.69, 9.17) is 10.2 Å². The van der Waals surface area contributed by atoms with Crippen LogP contribution in [0.15, 0.2) is 0 Å². The van der Waals surface area contributed by atoms with E-state index >= 15 is 0 Å². The molecule has 0 aliphatic heterocycles. The molecule has 2 nitrogen and oxygen atoms in total. The lowest BCUT2D eigenvalue weighted by Crippen LogP contribution is -2.16. The van der Waals surface area contributed by atoms with Crippen molar-refractivity contribution in [3.05, 3.63) is 0 Å². The minimum Gasteiger partial charge on any atom is -0.396 e. The predicted octanol–water partition coefficient (Wildman–Crippen LogP) is 2.44. The Morgan fingerprint density at radius 2 is 1.50 bits per heavy atom. The lowest BCUT2D eigenvalue weighted by Gasteiger charge is -2.20. The van der Waals surface area contributed by atoms with Crippen LogP contribution in [0.1, 0.15) is 46.5 Å². The molecule has 0 rings (SSSR count). The first-order chi connectivity index (χ1) is 6.63. The maximum absolute atomic E-state index is 8.95. The van der Waals surface area contributed by atoms with Crippen LogP contribution in [0, 0.1) is 17.8 Å². The van der Waals surface area contributed by atoms with Crippen LogP contribution in [-0.4, -0.2) is 23.4 Å². The fourth-order valence-electron chi connectivity index (χ4n) is 2.17. The summed E-state index contributed by atoms with van der Waals surface area (Å²) < 4.78 is 0. The number of aliphatic hydroxyl groups excluding tert-OH is 2. The molecule has 0 aromatic heterocycles. The van der Waals surface area contributed by atoms with Crippen LogP contribution in [0.2, 0.25) is 0 Å². The standard InChI is InChI=1S/C12H26O2/c1-4-5-10(2)6-11(3)7-12(8-13)9-14/h10-14H,4-9H2,1-3H3/t10-,11+/m0/s1. The Morgan fingerprint density at radius 1 is 0.929 bits per heavy atom. The third-order valence-corrected chi connectivity index (χ3v) is 2.84. The second-order valence-corrected chi connectivity index (χ2v) is 4.70. The van der Waals surface area contributed by atoms with Crippen molar-refractivity contribution in [3.8, 4) is 0 Å². The quantitative estimate of drug-likeness (QED) is 0.634. The molecule has 2 heteroatoms. The molecule has 0 amide bonds. The topological polar surface area (TPSA) is 40.5 Å². The van der Waals surface area contributed by atoms with Gasteiger partial charge in [0.05, 0.1) is 0 Å². The van der Waals surface area contributed by atoms with Gasteiger partial charge in [0.15, 0.2) is 0 Å². The number of hydrogen-bond acceptors (Lipinski definition) is 2. The van der Waals surface area contributed by atoms with Crippen molar-refractivity contribution < 1.29 is 10.2 Å². The smallest absolute Gasteiger partial charge is 0.0481 e. The monoisotopic (exact) mass is 202 g/mol. The van der Waals surface area contributed by atoms with Crippen molar-refractivity contribution in [2.24, 2.45) is 17.8 Å². The first-order valence-electron chi connectivity index (χ1n) is 5.85. The molecule has 0 saturated carbocycles. The highest BCUT2D eigenvalue weighted by Gasteiger charge is 2.13. The Balaban J connectivity index is 3.67. The van der Waals surface area contributed by atoms with E-state index in [9.17, 15) is 0 Å². The predicted molar refractivity (Wildman–Crippen MR) is 60.1 cm³/mol. The molecular formula is C12H26O2. The second kappa shape index (κ2) is 8.25. The minimum absolute atomic E-state index is 0.0822. The molecular weight excluding hydrogens is 176 g/mol. The molecule has 0 heterocycles. The Bertz CT molecular complexity index is 121. The Kier molecular flexibility index (Phi) is 8.20.